The molecule has 2 N–H and O–H groups in total. The van der Waals surface area contributed by atoms with Gasteiger partial charge in [0, 0.05) is 13.2 Å². The molecule has 0 bridgehead atoms. The van der Waals surface area contributed by atoms with Crippen molar-refractivity contribution in [2.24, 2.45) is 0 Å². The van der Waals surface area contributed by atoms with Crippen molar-refractivity contribution in [3.8, 4) is 0 Å². The molecule has 108 valence electrons. The van der Waals surface area contributed by atoms with Crippen molar-refractivity contribution in [2.45, 2.75) is 64.1 Å². The zero-order chi connectivity index (χ0) is 13.4. The summed E-state index contributed by atoms with van der Waals surface area (Å²) in [7, 11) is 0. The van der Waals surface area contributed by atoms with E-state index >= 15 is 0 Å². The van der Waals surface area contributed by atoms with E-state index in [1.807, 2.05) is 0 Å². The highest BCUT2D eigenvalue weighted by Crippen LogP contribution is 2.23. The van der Waals surface area contributed by atoms with Gasteiger partial charge in [-0.3, -0.25) is 0 Å². The standard InChI is InChI=1S/C13H26O5/c1-3-5-7-16-9-10-12(17-8-6-4-2)11(14)13(15)18-10/h10-15H,3-9H2,1-2H3/t10-,11-,12+,13?/m1/s1. The van der Waals surface area contributed by atoms with Crippen molar-refractivity contribution in [3.05, 3.63) is 0 Å². The molecule has 0 aromatic rings. The van der Waals surface area contributed by atoms with Crippen LogP contribution in [0.15, 0.2) is 0 Å². The first-order valence-corrected chi connectivity index (χ1v) is 6.91. The highest BCUT2D eigenvalue weighted by atomic mass is 16.7. The molecule has 1 aliphatic rings. The molecule has 1 saturated heterocycles. The molecule has 5 heteroatoms. The fraction of sp³-hybridized carbons (Fsp3) is 1.00. The van der Waals surface area contributed by atoms with Crippen LogP contribution in [0, 0.1) is 0 Å². The number of aliphatic hydroxyl groups excluding tert-OH is 2. The molecule has 1 fully saturated rings. The summed E-state index contributed by atoms with van der Waals surface area (Å²) >= 11 is 0. The second-order valence-corrected chi connectivity index (χ2v) is 4.67. The number of ether oxygens (including phenoxy) is 3. The topological polar surface area (TPSA) is 68.2 Å². The fourth-order valence-corrected chi connectivity index (χ4v) is 1.87. The Morgan fingerprint density at radius 3 is 2.39 bits per heavy atom. The number of hydrogen-bond acceptors (Lipinski definition) is 5. The van der Waals surface area contributed by atoms with Crippen LogP contribution in [-0.2, 0) is 14.2 Å². The summed E-state index contributed by atoms with van der Waals surface area (Å²) in [5, 5.41) is 19.3. The minimum Gasteiger partial charge on any atom is -0.385 e. The Balaban J connectivity index is 2.32. The predicted molar refractivity (Wildman–Crippen MR) is 67.3 cm³/mol. The Kier molecular flexibility index (Phi) is 7.77. The largest absolute Gasteiger partial charge is 0.385 e. The molecule has 4 atom stereocenters. The summed E-state index contributed by atoms with van der Waals surface area (Å²) in [4.78, 5) is 0. The molecule has 1 unspecified atom stereocenters. The Labute approximate surface area is 109 Å². The Morgan fingerprint density at radius 1 is 1.06 bits per heavy atom. The van der Waals surface area contributed by atoms with E-state index < -0.39 is 18.5 Å². The van der Waals surface area contributed by atoms with E-state index in [9.17, 15) is 10.2 Å². The van der Waals surface area contributed by atoms with Crippen LogP contribution in [0.5, 0.6) is 0 Å². The van der Waals surface area contributed by atoms with Crippen molar-refractivity contribution >= 4 is 0 Å². The molecule has 1 aliphatic heterocycles. The SMILES string of the molecule is CCCCOC[C@H]1OC(O)[C@H](O)[C@H]1OCCCC. The van der Waals surface area contributed by atoms with Gasteiger partial charge >= 0.3 is 0 Å². The maximum atomic E-state index is 9.77. The van der Waals surface area contributed by atoms with E-state index in [-0.39, 0.29) is 6.10 Å². The third-order valence-corrected chi connectivity index (χ3v) is 3.04. The van der Waals surface area contributed by atoms with Gasteiger partial charge in [-0.05, 0) is 12.8 Å². The predicted octanol–water partition coefficient (Wildman–Crippen LogP) is 1.07. The van der Waals surface area contributed by atoms with Gasteiger partial charge in [0.2, 0.25) is 0 Å². The van der Waals surface area contributed by atoms with Gasteiger partial charge in [0.05, 0.1) is 6.61 Å². The normalized spacial score (nSPS) is 32.0. The van der Waals surface area contributed by atoms with Crippen LogP contribution >= 0.6 is 0 Å². The van der Waals surface area contributed by atoms with Crippen LogP contribution < -0.4 is 0 Å². The van der Waals surface area contributed by atoms with Crippen LogP contribution in [0.2, 0.25) is 0 Å². The quantitative estimate of drug-likeness (QED) is 0.608. The number of hydrogen-bond donors (Lipinski definition) is 2. The first-order chi connectivity index (χ1) is 8.70. The molecule has 1 heterocycles. The van der Waals surface area contributed by atoms with Crippen molar-refractivity contribution < 1.29 is 24.4 Å². The van der Waals surface area contributed by atoms with Gasteiger partial charge < -0.3 is 24.4 Å². The molecule has 0 saturated carbocycles. The summed E-state index contributed by atoms with van der Waals surface area (Å²) in [6.45, 7) is 5.76. The van der Waals surface area contributed by atoms with E-state index in [2.05, 4.69) is 13.8 Å². The summed E-state index contributed by atoms with van der Waals surface area (Å²) in [6.07, 6.45) is 1.01. The Bertz CT molecular complexity index is 212. The minimum atomic E-state index is -1.17. The van der Waals surface area contributed by atoms with Gasteiger partial charge in [-0.15, -0.1) is 0 Å². The maximum Gasteiger partial charge on any atom is 0.184 e. The molecule has 0 aromatic heterocycles. The van der Waals surface area contributed by atoms with Gasteiger partial charge in [-0.25, -0.2) is 0 Å². The second-order valence-electron chi connectivity index (χ2n) is 4.67. The average molecular weight is 262 g/mol. The molecule has 0 amide bonds. The molecule has 0 aliphatic carbocycles. The smallest absolute Gasteiger partial charge is 0.184 e. The number of aliphatic hydroxyl groups is 2. The molecule has 0 aromatic carbocycles. The van der Waals surface area contributed by atoms with Crippen molar-refractivity contribution in [1.29, 1.82) is 0 Å². The summed E-state index contributed by atoms with van der Waals surface area (Å²) in [5.74, 6) is 0. The lowest BCUT2D eigenvalue weighted by atomic mass is 10.1. The maximum absolute atomic E-state index is 9.77. The van der Waals surface area contributed by atoms with Crippen molar-refractivity contribution in [2.75, 3.05) is 19.8 Å². The third kappa shape index (κ3) is 4.82. The Morgan fingerprint density at radius 2 is 1.72 bits per heavy atom. The molecule has 0 spiro atoms. The average Bonchev–Trinajstić information content (AvgIpc) is 2.63. The van der Waals surface area contributed by atoms with E-state index in [1.54, 1.807) is 0 Å². The summed E-state index contributed by atoms with van der Waals surface area (Å²) in [6, 6.07) is 0. The molecule has 0 radical (unpaired) electrons. The zero-order valence-electron chi connectivity index (χ0n) is 11.4. The molecular formula is C13H26O5. The van der Waals surface area contributed by atoms with Gasteiger partial charge in [0.1, 0.15) is 18.3 Å². The summed E-state index contributed by atoms with van der Waals surface area (Å²) in [5.41, 5.74) is 0. The van der Waals surface area contributed by atoms with Gasteiger partial charge in [-0.2, -0.15) is 0 Å². The van der Waals surface area contributed by atoms with E-state index in [0.717, 1.165) is 25.7 Å². The van der Waals surface area contributed by atoms with Crippen LogP contribution in [0.25, 0.3) is 0 Å². The first kappa shape index (κ1) is 15.9. The van der Waals surface area contributed by atoms with Crippen molar-refractivity contribution in [1.82, 2.24) is 0 Å². The number of unbranched alkanes of at least 4 members (excludes halogenated alkanes) is 2. The Hall–Kier alpha value is -0.200. The van der Waals surface area contributed by atoms with E-state index in [1.165, 1.54) is 0 Å². The summed E-state index contributed by atoms with van der Waals surface area (Å²) < 4.78 is 16.3. The van der Waals surface area contributed by atoms with Gasteiger partial charge in [0.15, 0.2) is 6.29 Å². The van der Waals surface area contributed by atoms with Crippen LogP contribution in [-0.4, -0.2) is 54.6 Å². The lowest BCUT2D eigenvalue weighted by Crippen LogP contribution is -2.37. The number of rotatable bonds is 9. The lowest BCUT2D eigenvalue weighted by Gasteiger charge is -2.20. The minimum absolute atomic E-state index is 0.352. The highest BCUT2D eigenvalue weighted by molar-refractivity contribution is 4.87. The van der Waals surface area contributed by atoms with Crippen molar-refractivity contribution in [3.63, 3.8) is 0 Å². The van der Waals surface area contributed by atoms with Crippen LogP contribution in [0.1, 0.15) is 39.5 Å². The van der Waals surface area contributed by atoms with E-state index in [4.69, 9.17) is 14.2 Å². The van der Waals surface area contributed by atoms with E-state index in [0.29, 0.717) is 19.8 Å². The van der Waals surface area contributed by atoms with Crippen LogP contribution in [0.4, 0.5) is 0 Å². The molecule has 1 rings (SSSR count). The fourth-order valence-electron chi connectivity index (χ4n) is 1.87. The third-order valence-electron chi connectivity index (χ3n) is 3.04. The second kappa shape index (κ2) is 8.82. The first-order valence-electron chi connectivity index (χ1n) is 6.91. The van der Waals surface area contributed by atoms with Gasteiger partial charge in [-0.1, -0.05) is 26.7 Å². The monoisotopic (exact) mass is 262 g/mol. The highest BCUT2D eigenvalue weighted by Gasteiger charge is 2.43. The zero-order valence-corrected chi connectivity index (χ0v) is 11.4. The lowest BCUT2D eigenvalue weighted by molar-refractivity contribution is -0.137. The molecule has 18 heavy (non-hydrogen) atoms. The molecular weight excluding hydrogens is 236 g/mol. The van der Waals surface area contributed by atoms with Crippen LogP contribution in [0.3, 0.4) is 0 Å². The molecule has 5 nitrogen and oxygen atoms in total. The van der Waals surface area contributed by atoms with Gasteiger partial charge in [0.25, 0.3) is 0 Å².